The fraction of sp³-hybridized carbons (Fsp3) is 0. The zero-order valence-corrected chi connectivity index (χ0v) is 24.9. The Morgan fingerprint density at radius 1 is 0.261 bits per heavy atom. The van der Waals surface area contributed by atoms with Crippen LogP contribution < -0.4 is 0 Å². The molecule has 0 amide bonds. The quantitative estimate of drug-likeness (QED) is 0.179. The third kappa shape index (κ3) is 2.96. The summed E-state index contributed by atoms with van der Waals surface area (Å²) >= 11 is 0. The van der Waals surface area contributed by atoms with E-state index < -0.39 is 0 Å². The first-order valence-electron chi connectivity index (χ1n) is 16.0. The van der Waals surface area contributed by atoms with Gasteiger partial charge >= 0.3 is 0 Å². The largest absolute Gasteiger partial charge is 0.305 e. The molecule has 0 aliphatic rings. The number of hydrogen-bond donors (Lipinski definition) is 0. The summed E-state index contributed by atoms with van der Waals surface area (Å²) in [5.74, 6) is 0. The van der Waals surface area contributed by atoms with E-state index in [0.29, 0.717) is 0 Å². The molecule has 0 aliphatic heterocycles. The molecule has 0 bridgehead atoms. The monoisotopic (exact) mass is 582 g/mol. The van der Waals surface area contributed by atoms with Crippen molar-refractivity contribution >= 4 is 76.2 Å². The highest BCUT2D eigenvalue weighted by molar-refractivity contribution is 6.30. The van der Waals surface area contributed by atoms with Gasteiger partial charge in [-0.2, -0.15) is 0 Å². The first-order chi connectivity index (χ1) is 22.9. The van der Waals surface area contributed by atoms with Crippen LogP contribution in [0.3, 0.4) is 0 Å². The van der Waals surface area contributed by atoms with Gasteiger partial charge in [0.2, 0.25) is 0 Å². The summed E-state index contributed by atoms with van der Waals surface area (Å²) in [5.41, 5.74) is 12.5. The van der Waals surface area contributed by atoms with E-state index >= 15 is 0 Å². The van der Waals surface area contributed by atoms with Crippen molar-refractivity contribution in [3.8, 4) is 22.3 Å². The van der Waals surface area contributed by atoms with E-state index in [9.17, 15) is 0 Å². The van der Waals surface area contributed by atoms with Gasteiger partial charge in [-0.25, -0.2) is 0 Å². The van der Waals surface area contributed by atoms with Gasteiger partial charge in [-0.3, -0.25) is 0 Å². The molecule has 0 spiro atoms. The second-order valence-electron chi connectivity index (χ2n) is 12.5. The number of hydrogen-bond acceptors (Lipinski definition) is 0. The van der Waals surface area contributed by atoms with Crippen molar-refractivity contribution in [3.63, 3.8) is 0 Å². The molecule has 0 aliphatic carbocycles. The molecule has 3 aromatic heterocycles. The van der Waals surface area contributed by atoms with Crippen molar-refractivity contribution < 1.29 is 0 Å². The minimum atomic E-state index is 1.23. The number of fused-ring (bicyclic) bond motifs is 12. The second-order valence-corrected chi connectivity index (χ2v) is 12.5. The van der Waals surface area contributed by atoms with Gasteiger partial charge in [0.25, 0.3) is 0 Å². The number of aromatic nitrogens is 2. The summed E-state index contributed by atoms with van der Waals surface area (Å²) < 4.78 is 5.04. The van der Waals surface area contributed by atoms with E-state index in [1.165, 1.54) is 98.4 Å². The summed E-state index contributed by atoms with van der Waals surface area (Å²) in [6, 6.07) is 58.0. The first kappa shape index (κ1) is 24.2. The normalized spacial score (nSPS) is 12.3. The third-order valence-corrected chi connectivity index (χ3v) is 10.2. The molecule has 0 fully saturated rings. The van der Waals surface area contributed by atoms with Crippen LogP contribution in [-0.2, 0) is 0 Å². The van der Waals surface area contributed by atoms with Crippen molar-refractivity contribution in [2.24, 2.45) is 0 Å². The topological polar surface area (TPSA) is 8.82 Å². The molecular weight excluding hydrogens is 556 g/mol. The predicted molar refractivity (Wildman–Crippen MR) is 195 cm³/mol. The maximum atomic E-state index is 2.52. The molecule has 3 heterocycles. The molecule has 8 aromatic carbocycles. The molecule has 46 heavy (non-hydrogen) atoms. The number of benzene rings is 8. The highest BCUT2D eigenvalue weighted by Gasteiger charge is 2.23. The molecular formula is C44H26N2. The van der Waals surface area contributed by atoms with Crippen LogP contribution >= 0.6 is 0 Å². The molecule has 0 saturated carbocycles. The zero-order valence-electron chi connectivity index (χ0n) is 24.9. The number of para-hydroxylation sites is 2. The Morgan fingerprint density at radius 3 is 1.13 bits per heavy atom. The average Bonchev–Trinajstić information content (AvgIpc) is 3.66. The molecule has 11 aromatic rings. The van der Waals surface area contributed by atoms with E-state index in [0.717, 1.165) is 0 Å². The van der Waals surface area contributed by atoms with E-state index in [4.69, 9.17) is 0 Å². The highest BCUT2D eigenvalue weighted by Crippen LogP contribution is 2.45. The third-order valence-electron chi connectivity index (χ3n) is 10.2. The summed E-state index contributed by atoms with van der Waals surface area (Å²) in [7, 11) is 0. The van der Waals surface area contributed by atoms with Crippen molar-refractivity contribution in [2.45, 2.75) is 0 Å². The second kappa shape index (κ2) is 8.74. The Balaban J connectivity index is 1.32. The molecule has 11 rings (SSSR count). The highest BCUT2D eigenvalue weighted by atomic mass is 15.0. The minimum absolute atomic E-state index is 1.23. The van der Waals surface area contributed by atoms with Crippen molar-refractivity contribution in [1.29, 1.82) is 0 Å². The van der Waals surface area contributed by atoms with Crippen LogP contribution in [0.4, 0.5) is 0 Å². The molecule has 0 radical (unpaired) electrons. The Kier molecular flexibility index (Phi) is 4.61. The first-order valence-corrected chi connectivity index (χ1v) is 16.0. The molecule has 0 N–H and O–H groups in total. The van der Waals surface area contributed by atoms with Crippen molar-refractivity contribution in [2.75, 3.05) is 0 Å². The summed E-state index contributed by atoms with van der Waals surface area (Å²) in [6.45, 7) is 0. The van der Waals surface area contributed by atoms with Crippen LogP contribution in [0.25, 0.3) is 98.4 Å². The lowest BCUT2D eigenvalue weighted by molar-refractivity contribution is 1.26. The molecule has 0 atom stereocenters. The molecule has 212 valence electrons. The Hall–Kier alpha value is -6.12. The van der Waals surface area contributed by atoms with Gasteiger partial charge in [-0.05, 0) is 68.1 Å². The maximum absolute atomic E-state index is 2.52. The van der Waals surface area contributed by atoms with Crippen molar-refractivity contribution in [3.05, 3.63) is 158 Å². The van der Waals surface area contributed by atoms with E-state index in [1.807, 2.05) is 0 Å². The van der Waals surface area contributed by atoms with Crippen LogP contribution in [0.1, 0.15) is 0 Å². The van der Waals surface area contributed by atoms with Crippen LogP contribution in [0.2, 0.25) is 0 Å². The van der Waals surface area contributed by atoms with Gasteiger partial charge in [-0.1, -0.05) is 133 Å². The summed E-state index contributed by atoms with van der Waals surface area (Å²) in [4.78, 5) is 0. The number of rotatable bonds is 2. The van der Waals surface area contributed by atoms with Crippen LogP contribution in [0.15, 0.2) is 158 Å². The van der Waals surface area contributed by atoms with E-state index in [-0.39, 0.29) is 0 Å². The van der Waals surface area contributed by atoms with Crippen LogP contribution in [-0.4, -0.2) is 8.80 Å². The van der Waals surface area contributed by atoms with Gasteiger partial charge in [0.15, 0.2) is 0 Å². The SMILES string of the molecule is c1ccc(-c2cccc3c2ccc2c3c3cccc4c3n2c2cccc3c5c6cccc(-c7ccccc7)c6ccc5n4c32)cc1. The van der Waals surface area contributed by atoms with E-state index in [2.05, 4.69) is 167 Å². The van der Waals surface area contributed by atoms with Gasteiger partial charge in [0, 0.05) is 21.5 Å². The van der Waals surface area contributed by atoms with Crippen LogP contribution in [0, 0.1) is 0 Å². The predicted octanol–water partition coefficient (Wildman–Crippen LogP) is 11.9. The lowest BCUT2D eigenvalue weighted by Crippen LogP contribution is -1.96. The summed E-state index contributed by atoms with van der Waals surface area (Å²) in [5, 5.41) is 10.4. The Labute approximate surface area is 264 Å². The summed E-state index contributed by atoms with van der Waals surface area (Å²) in [6.07, 6.45) is 0. The minimum Gasteiger partial charge on any atom is -0.305 e. The van der Waals surface area contributed by atoms with Gasteiger partial charge in [0.05, 0.1) is 33.1 Å². The van der Waals surface area contributed by atoms with Crippen LogP contribution in [0.5, 0.6) is 0 Å². The van der Waals surface area contributed by atoms with Crippen molar-refractivity contribution in [1.82, 2.24) is 8.80 Å². The molecule has 2 nitrogen and oxygen atoms in total. The standard InChI is InChI=1S/C44H26N2/c1-3-11-27(12-4-1)29-15-7-17-33-31(29)23-25-37-41(33)35-19-9-21-39-43(35)45(37)40-22-10-20-36-42-34-18-8-16-30(28-13-5-2-6-14-28)32(34)24-26-38(42)46(39)44(36)40/h1-26H. The fourth-order valence-corrected chi connectivity index (χ4v) is 8.41. The maximum Gasteiger partial charge on any atom is 0.0783 e. The lowest BCUT2D eigenvalue weighted by atomic mass is 9.95. The van der Waals surface area contributed by atoms with Gasteiger partial charge < -0.3 is 8.80 Å². The number of nitrogens with zero attached hydrogens (tertiary/aromatic N) is 2. The zero-order chi connectivity index (χ0) is 29.9. The molecule has 2 heteroatoms. The Morgan fingerprint density at radius 2 is 0.674 bits per heavy atom. The molecule has 0 unspecified atom stereocenters. The smallest absolute Gasteiger partial charge is 0.0783 e. The van der Waals surface area contributed by atoms with E-state index in [1.54, 1.807) is 0 Å². The van der Waals surface area contributed by atoms with Gasteiger partial charge in [0.1, 0.15) is 0 Å². The molecule has 0 saturated heterocycles. The lowest BCUT2D eigenvalue weighted by Gasteiger charge is -2.11. The van der Waals surface area contributed by atoms with Gasteiger partial charge in [-0.15, -0.1) is 0 Å². The Bertz CT molecular complexity index is 2790. The fourth-order valence-electron chi connectivity index (χ4n) is 8.41. The average molecular weight is 583 g/mol.